The molecule has 0 aliphatic heterocycles. The quantitative estimate of drug-likeness (QED) is 0.565. The lowest BCUT2D eigenvalue weighted by molar-refractivity contribution is 0.116. The zero-order valence-corrected chi connectivity index (χ0v) is 16.6. The van der Waals surface area contributed by atoms with Gasteiger partial charge in [0.15, 0.2) is 10.9 Å². The number of nitrogen functional groups attached to an aromatic ring is 1. The second kappa shape index (κ2) is 8.06. The van der Waals surface area contributed by atoms with Gasteiger partial charge in [0, 0.05) is 17.8 Å². The monoisotopic (exact) mass is 422 g/mol. The van der Waals surface area contributed by atoms with Gasteiger partial charge in [-0.2, -0.15) is 0 Å². The molecule has 28 heavy (non-hydrogen) atoms. The van der Waals surface area contributed by atoms with E-state index < -0.39 is 11.9 Å². The highest BCUT2D eigenvalue weighted by Gasteiger charge is 2.24. The average Bonchev–Trinajstić information content (AvgIpc) is 3.08. The molecule has 1 saturated carbocycles. The molecule has 9 heteroatoms. The highest BCUT2D eigenvalue weighted by atomic mass is 35.5. The minimum Gasteiger partial charge on any atom is -0.489 e. The van der Waals surface area contributed by atoms with Crippen LogP contribution in [0.25, 0.3) is 10.2 Å². The lowest BCUT2D eigenvalue weighted by Gasteiger charge is -2.27. The normalized spacial score (nSPS) is 19.7. The molecule has 6 nitrogen and oxygen atoms in total. The molecular weight excluding hydrogens is 403 g/mol. The van der Waals surface area contributed by atoms with E-state index in [1.165, 1.54) is 17.4 Å². The third-order valence-corrected chi connectivity index (χ3v) is 6.22. The van der Waals surface area contributed by atoms with Crippen LogP contribution in [0.5, 0.6) is 5.75 Å². The van der Waals surface area contributed by atoms with Gasteiger partial charge in [0.05, 0.1) is 21.9 Å². The fraction of sp³-hybridized carbons (Fsp3) is 0.368. The van der Waals surface area contributed by atoms with Crippen molar-refractivity contribution >= 4 is 44.1 Å². The number of aliphatic hydroxyl groups is 1. The van der Waals surface area contributed by atoms with Gasteiger partial charge in [0.2, 0.25) is 0 Å². The standard InChI is InChI=1S/C19H20ClFN4O2S/c20-16-10(5-6-23-18(16)22)9-27-11-7-12(21)17-15(8-11)28-19(25-17)24-13-3-1-2-4-14(13)26/h5-8,13-14,26H,1-4,9H2,(H2,22,23)(H,24,25)/t13-,14-/m0/s1. The fourth-order valence-corrected chi connectivity index (χ4v) is 4.46. The van der Waals surface area contributed by atoms with Crippen molar-refractivity contribution < 1.29 is 14.2 Å². The van der Waals surface area contributed by atoms with E-state index in [1.54, 1.807) is 18.3 Å². The predicted molar refractivity (Wildman–Crippen MR) is 109 cm³/mol. The van der Waals surface area contributed by atoms with E-state index >= 15 is 0 Å². The molecule has 2 atom stereocenters. The number of nitrogens with one attached hydrogen (secondary N) is 1. The smallest absolute Gasteiger partial charge is 0.184 e. The van der Waals surface area contributed by atoms with Gasteiger partial charge in [-0.1, -0.05) is 35.8 Å². The molecule has 0 amide bonds. The van der Waals surface area contributed by atoms with Crippen molar-refractivity contribution in [1.82, 2.24) is 9.97 Å². The van der Waals surface area contributed by atoms with E-state index in [0.29, 0.717) is 26.2 Å². The number of anilines is 2. The van der Waals surface area contributed by atoms with Crippen molar-refractivity contribution in [3.8, 4) is 5.75 Å². The molecule has 1 fully saturated rings. The minimum atomic E-state index is -0.457. The number of hydrogen-bond acceptors (Lipinski definition) is 7. The molecular formula is C19H20ClFN4O2S. The maximum absolute atomic E-state index is 14.5. The van der Waals surface area contributed by atoms with Gasteiger partial charge in [0.1, 0.15) is 23.7 Å². The summed E-state index contributed by atoms with van der Waals surface area (Å²) < 4.78 is 20.9. The number of aromatic nitrogens is 2. The highest BCUT2D eigenvalue weighted by Crippen LogP contribution is 2.33. The number of fused-ring (bicyclic) bond motifs is 1. The number of hydrogen-bond donors (Lipinski definition) is 3. The molecule has 0 radical (unpaired) electrons. The molecule has 4 rings (SSSR count). The molecule has 1 aromatic carbocycles. The molecule has 0 spiro atoms. The second-order valence-electron chi connectivity index (χ2n) is 6.83. The predicted octanol–water partition coefficient (Wildman–Crippen LogP) is 4.36. The van der Waals surface area contributed by atoms with Gasteiger partial charge in [-0.05, 0) is 25.0 Å². The Bertz CT molecular complexity index is 999. The van der Waals surface area contributed by atoms with Crippen molar-refractivity contribution in [3.63, 3.8) is 0 Å². The number of benzene rings is 1. The topological polar surface area (TPSA) is 93.3 Å². The Morgan fingerprint density at radius 3 is 3.00 bits per heavy atom. The van der Waals surface area contributed by atoms with Crippen LogP contribution in [-0.4, -0.2) is 27.2 Å². The summed E-state index contributed by atoms with van der Waals surface area (Å²) in [6.07, 6.45) is 4.89. The van der Waals surface area contributed by atoms with E-state index in [-0.39, 0.29) is 24.0 Å². The largest absolute Gasteiger partial charge is 0.489 e. The van der Waals surface area contributed by atoms with Crippen LogP contribution < -0.4 is 15.8 Å². The Kier molecular flexibility index (Phi) is 5.52. The summed E-state index contributed by atoms with van der Waals surface area (Å²) in [5, 5.41) is 14.3. The number of aliphatic hydroxyl groups excluding tert-OH is 1. The van der Waals surface area contributed by atoms with Gasteiger partial charge < -0.3 is 20.9 Å². The van der Waals surface area contributed by atoms with Crippen molar-refractivity contribution in [1.29, 1.82) is 0 Å². The zero-order valence-electron chi connectivity index (χ0n) is 15.0. The SMILES string of the molecule is Nc1nccc(COc2cc(F)c3nc(N[C@H]4CCCC[C@@H]4O)sc3c2)c1Cl. The minimum absolute atomic E-state index is 0.0487. The Labute approximate surface area is 170 Å². The van der Waals surface area contributed by atoms with Gasteiger partial charge in [0.25, 0.3) is 0 Å². The van der Waals surface area contributed by atoms with Gasteiger partial charge >= 0.3 is 0 Å². The molecule has 0 saturated heterocycles. The molecule has 0 bridgehead atoms. The molecule has 0 unspecified atom stereocenters. The summed E-state index contributed by atoms with van der Waals surface area (Å²) in [5.74, 6) is 0.151. The second-order valence-corrected chi connectivity index (χ2v) is 8.24. The highest BCUT2D eigenvalue weighted by molar-refractivity contribution is 7.22. The Morgan fingerprint density at radius 1 is 1.36 bits per heavy atom. The lowest BCUT2D eigenvalue weighted by Crippen LogP contribution is -2.36. The number of rotatable bonds is 5. The molecule has 2 aromatic heterocycles. The van der Waals surface area contributed by atoms with Crippen LogP contribution in [-0.2, 0) is 6.61 Å². The van der Waals surface area contributed by atoms with Crippen LogP contribution in [0.4, 0.5) is 15.3 Å². The number of pyridine rings is 1. The van der Waals surface area contributed by atoms with Crippen LogP contribution in [0, 0.1) is 5.82 Å². The van der Waals surface area contributed by atoms with E-state index in [4.69, 9.17) is 22.1 Å². The Balaban J connectivity index is 1.52. The Hall–Kier alpha value is -2.16. The average molecular weight is 423 g/mol. The number of ether oxygens (including phenoxy) is 1. The van der Waals surface area contributed by atoms with Crippen molar-refractivity contribution in [2.45, 2.75) is 44.4 Å². The first kappa shape index (κ1) is 19.2. The van der Waals surface area contributed by atoms with Crippen molar-refractivity contribution in [2.75, 3.05) is 11.1 Å². The van der Waals surface area contributed by atoms with E-state index in [0.717, 1.165) is 25.7 Å². The third kappa shape index (κ3) is 3.99. The van der Waals surface area contributed by atoms with E-state index in [2.05, 4.69) is 15.3 Å². The summed E-state index contributed by atoms with van der Waals surface area (Å²) >= 11 is 7.45. The van der Waals surface area contributed by atoms with Gasteiger partial charge in [-0.25, -0.2) is 14.4 Å². The van der Waals surface area contributed by atoms with Crippen LogP contribution in [0.2, 0.25) is 5.02 Å². The molecule has 2 heterocycles. The van der Waals surface area contributed by atoms with E-state index in [9.17, 15) is 9.50 Å². The summed E-state index contributed by atoms with van der Waals surface area (Å²) in [4.78, 5) is 8.25. The third-order valence-electron chi connectivity index (χ3n) is 4.85. The first-order valence-electron chi connectivity index (χ1n) is 9.07. The molecule has 1 aliphatic rings. The van der Waals surface area contributed by atoms with Crippen LogP contribution in [0.15, 0.2) is 24.4 Å². The van der Waals surface area contributed by atoms with Gasteiger partial charge in [-0.3, -0.25) is 0 Å². The number of nitrogens with zero attached hydrogens (tertiary/aromatic N) is 2. The molecule has 3 aromatic rings. The first-order chi connectivity index (χ1) is 13.5. The molecule has 1 aliphatic carbocycles. The summed E-state index contributed by atoms with van der Waals surface area (Å²) in [6, 6.07) is 4.71. The maximum atomic E-state index is 14.5. The van der Waals surface area contributed by atoms with Crippen LogP contribution >= 0.6 is 22.9 Å². The van der Waals surface area contributed by atoms with Gasteiger partial charge in [-0.15, -0.1) is 0 Å². The van der Waals surface area contributed by atoms with E-state index in [1.807, 2.05) is 0 Å². The Morgan fingerprint density at radius 2 is 2.18 bits per heavy atom. The lowest BCUT2D eigenvalue weighted by atomic mass is 9.93. The van der Waals surface area contributed by atoms with Crippen molar-refractivity contribution in [2.24, 2.45) is 0 Å². The summed E-state index contributed by atoms with van der Waals surface area (Å²) in [6.45, 7) is 0.147. The maximum Gasteiger partial charge on any atom is 0.184 e. The first-order valence-corrected chi connectivity index (χ1v) is 10.3. The number of thiazole rings is 1. The molecule has 4 N–H and O–H groups in total. The fourth-order valence-electron chi connectivity index (χ4n) is 3.32. The number of nitrogens with two attached hydrogens (primary N) is 1. The summed E-state index contributed by atoms with van der Waals surface area (Å²) in [5.41, 5.74) is 6.65. The molecule has 148 valence electrons. The number of halogens is 2. The van der Waals surface area contributed by atoms with Crippen molar-refractivity contribution in [3.05, 3.63) is 40.8 Å². The zero-order chi connectivity index (χ0) is 19.7. The summed E-state index contributed by atoms with van der Waals surface area (Å²) in [7, 11) is 0. The van der Waals surface area contributed by atoms with Crippen LogP contribution in [0.1, 0.15) is 31.2 Å². The van der Waals surface area contributed by atoms with Crippen LogP contribution in [0.3, 0.4) is 0 Å².